The molecule has 0 fully saturated rings. The highest BCUT2D eigenvalue weighted by molar-refractivity contribution is 7.90. The molecule has 2 aromatic heterocycles. The van der Waals surface area contributed by atoms with E-state index in [-0.39, 0.29) is 10.5 Å². The van der Waals surface area contributed by atoms with Gasteiger partial charge in [0.2, 0.25) is 5.88 Å². The number of rotatable bonds is 3. The third kappa shape index (κ3) is 2.54. The van der Waals surface area contributed by atoms with Crippen molar-refractivity contribution in [3.63, 3.8) is 0 Å². The Balaban J connectivity index is 2.40. The van der Waals surface area contributed by atoms with E-state index in [1.807, 2.05) is 14.0 Å². The number of nitrogens with zero attached hydrogens (tertiary/aromatic N) is 2. The molecule has 126 valence electrons. The summed E-state index contributed by atoms with van der Waals surface area (Å²) in [7, 11) is -0.0943. The Morgan fingerprint density at radius 3 is 2.58 bits per heavy atom. The summed E-state index contributed by atoms with van der Waals surface area (Å²) in [5.74, 6) is -0.0471. The molecule has 3 aromatic rings. The highest BCUT2D eigenvalue weighted by Gasteiger charge is 2.20. The summed E-state index contributed by atoms with van der Waals surface area (Å²) >= 11 is 0. The van der Waals surface area contributed by atoms with Crippen LogP contribution in [-0.4, -0.2) is 31.3 Å². The normalized spacial score (nSPS) is 11.9. The molecule has 0 radical (unpaired) electrons. The number of pyridine rings is 1. The number of ether oxygens (including phenoxy) is 1. The Morgan fingerprint density at radius 1 is 1.25 bits per heavy atom. The van der Waals surface area contributed by atoms with Gasteiger partial charge < -0.3 is 9.30 Å². The summed E-state index contributed by atoms with van der Waals surface area (Å²) in [5, 5.41) is 0.786. The van der Waals surface area contributed by atoms with Gasteiger partial charge in [0.1, 0.15) is 11.3 Å². The van der Waals surface area contributed by atoms with Gasteiger partial charge in [-0.25, -0.2) is 17.8 Å². The van der Waals surface area contributed by atoms with Crippen LogP contribution in [0.1, 0.15) is 5.56 Å². The van der Waals surface area contributed by atoms with E-state index < -0.39 is 15.7 Å². The molecule has 5 nitrogen and oxygen atoms in total. The van der Waals surface area contributed by atoms with Crippen LogP contribution in [0.5, 0.6) is 5.88 Å². The fraction of sp³-hybridized carbons (Fsp3) is 0.235. The Labute approximate surface area is 139 Å². The second kappa shape index (κ2) is 5.59. The van der Waals surface area contributed by atoms with Gasteiger partial charge in [-0.1, -0.05) is 0 Å². The third-order valence-electron chi connectivity index (χ3n) is 4.00. The van der Waals surface area contributed by atoms with E-state index in [9.17, 15) is 12.8 Å². The number of hydrogen-bond acceptors (Lipinski definition) is 4. The van der Waals surface area contributed by atoms with Crippen LogP contribution in [0.2, 0.25) is 0 Å². The number of sulfone groups is 1. The summed E-state index contributed by atoms with van der Waals surface area (Å²) in [6.45, 7) is 1.87. The maximum Gasteiger partial charge on any atom is 0.238 e. The van der Waals surface area contributed by atoms with Gasteiger partial charge >= 0.3 is 0 Å². The molecule has 0 aliphatic rings. The van der Waals surface area contributed by atoms with Crippen molar-refractivity contribution in [1.82, 2.24) is 9.55 Å². The standard InChI is InChI=1S/C17H17FN2O3S/c1-10-8-19-17(23-3)16-15(10)13(9-20(16)2)12-7-11(24(4,21)22)5-6-14(12)18/h5-9H,1-4H3. The van der Waals surface area contributed by atoms with Crippen molar-refractivity contribution in [2.75, 3.05) is 13.4 Å². The smallest absolute Gasteiger partial charge is 0.238 e. The van der Waals surface area contributed by atoms with Crippen LogP contribution >= 0.6 is 0 Å². The molecule has 0 bridgehead atoms. The molecular weight excluding hydrogens is 331 g/mol. The third-order valence-corrected chi connectivity index (χ3v) is 5.11. The van der Waals surface area contributed by atoms with Crippen LogP contribution in [0, 0.1) is 12.7 Å². The maximum absolute atomic E-state index is 14.4. The first-order valence-electron chi connectivity index (χ1n) is 7.22. The van der Waals surface area contributed by atoms with Crippen LogP contribution in [-0.2, 0) is 16.9 Å². The molecule has 0 atom stereocenters. The van der Waals surface area contributed by atoms with Gasteiger partial charge in [-0.05, 0) is 30.7 Å². The molecule has 3 rings (SSSR count). The summed E-state index contributed by atoms with van der Waals surface area (Å²) in [6, 6.07) is 3.82. The summed E-state index contributed by atoms with van der Waals surface area (Å²) in [6.07, 6.45) is 4.51. The zero-order valence-corrected chi connectivity index (χ0v) is 14.6. The average Bonchev–Trinajstić information content (AvgIpc) is 2.86. The zero-order chi connectivity index (χ0) is 17.6. The Morgan fingerprint density at radius 2 is 1.96 bits per heavy atom. The molecule has 0 saturated carbocycles. The van der Waals surface area contributed by atoms with E-state index in [1.54, 1.807) is 17.0 Å². The quantitative estimate of drug-likeness (QED) is 0.683. The second-order valence-electron chi connectivity index (χ2n) is 5.74. The molecule has 0 aliphatic carbocycles. The minimum Gasteiger partial charge on any atom is -0.479 e. The van der Waals surface area contributed by atoms with Gasteiger partial charge in [0.05, 0.1) is 12.0 Å². The zero-order valence-electron chi connectivity index (χ0n) is 13.8. The lowest BCUT2D eigenvalue weighted by Gasteiger charge is -2.08. The molecule has 0 amide bonds. The van der Waals surface area contributed by atoms with Crippen molar-refractivity contribution in [3.8, 4) is 17.0 Å². The van der Waals surface area contributed by atoms with Crippen LogP contribution in [0.4, 0.5) is 4.39 Å². The summed E-state index contributed by atoms with van der Waals surface area (Å²) in [4.78, 5) is 4.32. The number of aromatic nitrogens is 2. The first kappa shape index (κ1) is 16.4. The number of hydrogen-bond donors (Lipinski definition) is 0. The first-order chi connectivity index (χ1) is 11.2. The molecular formula is C17H17FN2O3S. The van der Waals surface area contributed by atoms with Gasteiger partial charge in [0.25, 0.3) is 0 Å². The molecule has 2 heterocycles. The largest absolute Gasteiger partial charge is 0.479 e. The Bertz CT molecular complexity index is 1060. The van der Waals surface area contributed by atoms with Crippen molar-refractivity contribution < 1.29 is 17.5 Å². The van der Waals surface area contributed by atoms with Crippen molar-refractivity contribution in [3.05, 3.63) is 42.0 Å². The number of aryl methyl sites for hydroxylation is 2. The van der Waals surface area contributed by atoms with Crippen molar-refractivity contribution in [2.24, 2.45) is 7.05 Å². The highest BCUT2D eigenvalue weighted by Crippen LogP contribution is 2.37. The van der Waals surface area contributed by atoms with Gasteiger partial charge in [-0.15, -0.1) is 0 Å². The van der Waals surface area contributed by atoms with Gasteiger partial charge in [0.15, 0.2) is 9.84 Å². The Hall–Kier alpha value is -2.41. The monoisotopic (exact) mass is 348 g/mol. The molecule has 7 heteroatoms. The molecule has 1 aromatic carbocycles. The number of benzene rings is 1. The molecule has 24 heavy (non-hydrogen) atoms. The summed E-state index contributed by atoms with van der Waals surface area (Å²) in [5.41, 5.74) is 2.43. The van der Waals surface area contributed by atoms with E-state index >= 15 is 0 Å². The average molecular weight is 348 g/mol. The lowest BCUT2D eigenvalue weighted by molar-refractivity contribution is 0.401. The van der Waals surface area contributed by atoms with Crippen LogP contribution in [0.25, 0.3) is 22.0 Å². The fourth-order valence-electron chi connectivity index (χ4n) is 2.86. The summed E-state index contributed by atoms with van der Waals surface area (Å²) < 4.78 is 45.2. The van der Waals surface area contributed by atoms with E-state index in [1.165, 1.54) is 25.3 Å². The van der Waals surface area contributed by atoms with E-state index in [0.29, 0.717) is 11.4 Å². The van der Waals surface area contributed by atoms with E-state index in [2.05, 4.69) is 4.98 Å². The molecule has 0 N–H and O–H groups in total. The minimum atomic E-state index is -3.43. The molecule has 0 saturated heterocycles. The fourth-order valence-corrected chi connectivity index (χ4v) is 3.51. The predicted octanol–water partition coefficient (Wildman–Crippen LogP) is 3.10. The van der Waals surface area contributed by atoms with E-state index in [4.69, 9.17) is 4.74 Å². The van der Waals surface area contributed by atoms with Gasteiger partial charge in [-0.3, -0.25) is 0 Å². The Kier molecular flexibility index (Phi) is 3.83. The molecule has 0 aliphatic heterocycles. The molecule has 0 spiro atoms. The molecule has 0 unspecified atom stereocenters. The predicted molar refractivity (Wildman–Crippen MR) is 90.5 cm³/mol. The lowest BCUT2D eigenvalue weighted by atomic mass is 10.0. The van der Waals surface area contributed by atoms with Crippen LogP contribution in [0.15, 0.2) is 35.5 Å². The van der Waals surface area contributed by atoms with Crippen LogP contribution in [0.3, 0.4) is 0 Å². The number of halogens is 1. The SMILES string of the molecule is COc1ncc(C)c2c(-c3cc(S(C)(=O)=O)ccc3F)cn(C)c12. The topological polar surface area (TPSA) is 61.2 Å². The van der Waals surface area contributed by atoms with Crippen molar-refractivity contribution >= 4 is 20.7 Å². The van der Waals surface area contributed by atoms with Gasteiger partial charge in [0, 0.05) is 42.2 Å². The van der Waals surface area contributed by atoms with Crippen molar-refractivity contribution in [2.45, 2.75) is 11.8 Å². The first-order valence-corrected chi connectivity index (χ1v) is 9.11. The minimum absolute atomic E-state index is 0.0783. The maximum atomic E-state index is 14.4. The lowest BCUT2D eigenvalue weighted by Crippen LogP contribution is -1.98. The van der Waals surface area contributed by atoms with Crippen molar-refractivity contribution in [1.29, 1.82) is 0 Å². The number of fused-ring (bicyclic) bond motifs is 1. The second-order valence-corrected chi connectivity index (χ2v) is 7.76. The highest BCUT2D eigenvalue weighted by atomic mass is 32.2. The van der Waals surface area contributed by atoms with Gasteiger partial charge in [-0.2, -0.15) is 0 Å². The number of methoxy groups -OCH3 is 1. The van der Waals surface area contributed by atoms with E-state index in [0.717, 1.165) is 22.7 Å². The van der Waals surface area contributed by atoms with Crippen LogP contribution < -0.4 is 4.74 Å².